The van der Waals surface area contributed by atoms with Crippen molar-refractivity contribution in [2.24, 2.45) is 0 Å². The number of rotatable bonds is 3. The van der Waals surface area contributed by atoms with Crippen molar-refractivity contribution in [3.63, 3.8) is 0 Å². The molecule has 2 fully saturated rings. The molecule has 0 spiro atoms. The summed E-state index contributed by atoms with van der Waals surface area (Å²) in [6.07, 6.45) is 2.53. The molecule has 2 amide bonds. The lowest BCUT2D eigenvalue weighted by Gasteiger charge is -2.32. The van der Waals surface area contributed by atoms with E-state index in [0.717, 1.165) is 66.3 Å². The Morgan fingerprint density at radius 2 is 1.75 bits per heavy atom. The lowest BCUT2D eigenvalue weighted by atomic mass is 9.96. The van der Waals surface area contributed by atoms with Crippen LogP contribution in [-0.2, 0) is 4.74 Å². The van der Waals surface area contributed by atoms with Crippen molar-refractivity contribution in [2.75, 3.05) is 26.2 Å². The van der Waals surface area contributed by atoms with Gasteiger partial charge in [-0.05, 0) is 71.6 Å². The monoisotopic (exact) mass is 438 g/mol. The second kappa shape index (κ2) is 8.60. The van der Waals surface area contributed by atoms with Gasteiger partial charge < -0.3 is 19.5 Å². The molecule has 7 nitrogen and oxygen atoms in total. The van der Waals surface area contributed by atoms with E-state index in [9.17, 15) is 9.59 Å². The minimum Gasteiger partial charge on any atom is -0.444 e. The highest BCUT2D eigenvalue weighted by Crippen LogP contribution is 2.32. The smallest absolute Gasteiger partial charge is 0.410 e. The Morgan fingerprint density at radius 3 is 2.34 bits per heavy atom. The molecule has 0 radical (unpaired) electrons. The van der Waals surface area contributed by atoms with Gasteiger partial charge in [0.25, 0.3) is 5.91 Å². The third-order valence-electron chi connectivity index (χ3n) is 6.32. The molecular formula is C25H34N4O3. The van der Waals surface area contributed by atoms with Gasteiger partial charge in [-0.2, -0.15) is 0 Å². The van der Waals surface area contributed by atoms with Crippen LogP contribution in [0.5, 0.6) is 0 Å². The number of ether oxygens (including phenoxy) is 1. The lowest BCUT2D eigenvalue weighted by Crippen LogP contribution is -2.42. The lowest BCUT2D eigenvalue weighted by molar-refractivity contribution is 0.0203. The number of nitrogens with one attached hydrogen (secondary N) is 1. The minimum atomic E-state index is -0.482. The number of carbonyl (C=O) groups excluding carboxylic acids is 2. The molecule has 2 aromatic rings. The molecule has 0 bridgehead atoms. The Labute approximate surface area is 190 Å². The predicted octanol–water partition coefficient (Wildman–Crippen LogP) is 4.65. The standard InChI is InChI=1S/C25H34N4O3/c1-16-7-8-19(23(30)28-11-6-12-28)15-20(16)21-17(2)26-22(27-21)18-9-13-29(14-10-18)24(31)32-25(3,4)5/h7-8,15,18H,6,9-14H2,1-5H3,(H,26,27). The molecule has 3 heterocycles. The molecule has 2 aliphatic rings. The first-order chi connectivity index (χ1) is 15.1. The van der Waals surface area contributed by atoms with Crippen LogP contribution in [-0.4, -0.2) is 63.5 Å². The van der Waals surface area contributed by atoms with Crippen LogP contribution in [0.1, 0.15) is 73.4 Å². The van der Waals surface area contributed by atoms with Gasteiger partial charge in [0.05, 0.1) is 5.69 Å². The van der Waals surface area contributed by atoms with Crippen molar-refractivity contribution in [3.05, 3.63) is 40.8 Å². The van der Waals surface area contributed by atoms with Gasteiger partial charge in [0.2, 0.25) is 0 Å². The number of hydrogen-bond acceptors (Lipinski definition) is 4. The van der Waals surface area contributed by atoms with Gasteiger partial charge in [-0.3, -0.25) is 4.79 Å². The zero-order chi connectivity index (χ0) is 23.0. The van der Waals surface area contributed by atoms with E-state index in [1.54, 1.807) is 4.90 Å². The van der Waals surface area contributed by atoms with Crippen LogP contribution in [0.25, 0.3) is 11.3 Å². The van der Waals surface area contributed by atoms with Crippen LogP contribution < -0.4 is 0 Å². The molecule has 7 heteroatoms. The van der Waals surface area contributed by atoms with Crippen molar-refractivity contribution in [1.82, 2.24) is 19.8 Å². The van der Waals surface area contributed by atoms with E-state index in [2.05, 4.69) is 11.9 Å². The fourth-order valence-electron chi connectivity index (χ4n) is 4.31. The molecule has 0 atom stereocenters. The van der Waals surface area contributed by atoms with E-state index in [0.29, 0.717) is 13.1 Å². The Kier molecular flexibility index (Phi) is 6.01. The number of aromatic amines is 1. The van der Waals surface area contributed by atoms with Crippen molar-refractivity contribution >= 4 is 12.0 Å². The normalized spacial score (nSPS) is 17.3. The predicted molar refractivity (Wildman–Crippen MR) is 124 cm³/mol. The summed E-state index contributed by atoms with van der Waals surface area (Å²) >= 11 is 0. The SMILES string of the molecule is Cc1ccc(C(=O)N2CCC2)cc1-c1nc(C2CCN(C(=O)OC(C)(C)C)CC2)[nH]c1C. The molecule has 172 valence electrons. The molecular weight excluding hydrogens is 404 g/mol. The van der Waals surface area contributed by atoms with E-state index in [-0.39, 0.29) is 17.9 Å². The third-order valence-corrected chi connectivity index (χ3v) is 6.32. The summed E-state index contributed by atoms with van der Waals surface area (Å²) in [5.74, 6) is 1.33. The van der Waals surface area contributed by atoms with E-state index >= 15 is 0 Å². The number of hydrogen-bond donors (Lipinski definition) is 1. The molecule has 1 aromatic carbocycles. The van der Waals surface area contributed by atoms with Gasteiger partial charge in [-0.1, -0.05) is 6.07 Å². The van der Waals surface area contributed by atoms with Crippen LogP contribution in [0.3, 0.4) is 0 Å². The van der Waals surface area contributed by atoms with Gasteiger partial charge in [0.1, 0.15) is 11.4 Å². The molecule has 0 saturated carbocycles. The maximum atomic E-state index is 12.7. The average Bonchev–Trinajstić information content (AvgIpc) is 3.07. The molecule has 0 aliphatic carbocycles. The van der Waals surface area contributed by atoms with Crippen LogP contribution in [0.15, 0.2) is 18.2 Å². The number of benzene rings is 1. The fourth-order valence-corrected chi connectivity index (χ4v) is 4.31. The number of nitrogens with zero attached hydrogens (tertiary/aromatic N) is 3. The van der Waals surface area contributed by atoms with Crippen LogP contribution in [0, 0.1) is 13.8 Å². The molecule has 2 aliphatic heterocycles. The number of aryl methyl sites for hydroxylation is 2. The van der Waals surface area contributed by atoms with E-state index in [4.69, 9.17) is 9.72 Å². The summed E-state index contributed by atoms with van der Waals surface area (Å²) in [5.41, 5.74) is 4.26. The largest absolute Gasteiger partial charge is 0.444 e. The number of likely N-dealkylation sites (tertiary alicyclic amines) is 2. The van der Waals surface area contributed by atoms with Crippen LogP contribution in [0.2, 0.25) is 0 Å². The number of piperidine rings is 1. The van der Waals surface area contributed by atoms with Gasteiger partial charge in [0, 0.05) is 48.9 Å². The minimum absolute atomic E-state index is 0.0976. The number of imidazole rings is 1. The number of H-pyrrole nitrogens is 1. The maximum Gasteiger partial charge on any atom is 0.410 e. The first kappa shape index (κ1) is 22.4. The highest BCUT2D eigenvalue weighted by molar-refractivity contribution is 5.96. The van der Waals surface area contributed by atoms with Crippen molar-refractivity contribution in [1.29, 1.82) is 0 Å². The Hall–Kier alpha value is -2.83. The van der Waals surface area contributed by atoms with Gasteiger partial charge in [-0.15, -0.1) is 0 Å². The molecule has 4 rings (SSSR count). The van der Waals surface area contributed by atoms with Gasteiger partial charge in [0.15, 0.2) is 0 Å². The first-order valence-corrected chi connectivity index (χ1v) is 11.6. The molecule has 0 unspecified atom stereocenters. The summed E-state index contributed by atoms with van der Waals surface area (Å²) in [6, 6.07) is 5.90. The first-order valence-electron chi connectivity index (χ1n) is 11.6. The second-order valence-corrected chi connectivity index (χ2v) is 10.0. The number of aromatic nitrogens is 2. The van der Waals surface area contributed by atoms with Gasteiger partial charge >= 0.3 is 6.09 Å². The summed E-state index contributed by atoms with van der Waals surface area (Å²) in [4.78, 5) is 37.1. The molecule has 1 aromatic heterocycles. The highest BCUT2D eigenvalue weighted by Gasteiger charge is 2.29. The highest BCUT2D eigenvalue weighted by atomic mass is 16.6. The summed E-state index contributed by atoms with van der Waals surface area (Å²) < 4.78 is 5.50. The zero-order valence-corrected chi connectivity index (χ0v) is 19.8. The van der Waals surface area contributed by atoms with Crippen molar-refractivity contribution in [2.45, 2.75) is 65.4 Å². The van der Waals surface area contributed by atoms with Crippen molar-refractivity contribution in [3.8, 4) is 11.3 Å². The van der Waals surface area contributed by atoms with Gasteiger partial charge in [-0.25, -0.2) is 9.78 Å². The zero-order valence-electron chi connectivity index (χ0n) is 19.8. The third kappa shape index (κ3) is 4.66. The van der Waals surface area contributed by atoms with Crippen LogP contribution in [0.4, 0.5) is 4.79 Å². The second-order valence-electron chi connectivity index (χ2n) is 10.0. The van der Waals surface area contributed by atoms with E-state index in [1.807, 2.05) is 50.8 Å². The Bertz CT molecular complexity index is 1010. The number of amides is 2. The molecule has 32 heavy (non-hydrogen) atoms. The topological polar surface area (TPSA) is 78.5 Å². The molecule has 2 saturated heterocycles. The number of carbonyl (C=O) groups is 2. The van der Waals surface area contributed by atoms with Crippen LogP contribution >= 0.6 is 0 Å². The maximum absolute atomic E-state index is 12.7. The van der Waals surface area contributed by atoms with Crippen molar-refractivity contribution < 1.29 is 14.3 Å². The Morgan fingerprint density at radius 1 is 1.06 bits per heavy atom. The summed E-state index contributed by atoms with van der Waals surface area (Å²) in [6.45, 7) is 12.8. The summed E-state index contributed by atoms with van der Waals surface area (Å²) in [7, 11) is 0. The molecule has 1 N–H and O–H groups in total. The Balaban J connectivity index is 1.48. The average molecular weight is 439 g/mol. The fraction of sp³-hybridized carbons (Fsp3) is 0.560. The summed E-state index contributed by atoms with van der Waals surface area (Å²) in [5, 5.41) is 0. The van der Waals surface area contributed by atoms with E-state index < -0.39 is 5.60 Å². The van der Waals surface area contributed by atoms with E-state index in [1.165, 1.54) is 0 Å². The quantitative estimate of drug-likeness (QED) is 0.756.